The molecule has 0 saturated heterocycles. The van der Waals surface area contributed by atoms with E-state index >= 15 is 0 Å². The quantitative estimate of drug-likeness (QED) is 0.0233. The molecule has 3 unspecified atom stereocenters. The second-order valence-corrected chi connectivity index (χ2v) is 17.0. The molecule has 0 aromatic carbocycles. The minimum absolute atomic E-state index is 0.00490. The predicted molar refractivity (Wildman–Crippen MR) is 249 cm³/mol. The number of rotatable bonds is 44. The van der Waals surface area contributed by atoms with Gasteiger partial charge in [-0.25, -0.2) is 4.57 Å². The lowest BCUT2D eigenvalue weighted by molar-refractivity contribution is -0.154. The van der Waals surface area contributed by atoms with Crippen molar-refractivity contribution in [3.8, 4) is 0 Å². The van der Waals surface area contributed by atoms with Gasteiger partial charge in [0, 0.05) is 13.0 Å². The van der Waals surface area contributed by atoms with E-state index < -0.39 is 45.1 Å². The summed E-state index contributed by atoms with van der Waals surface area (Å²) < 4.78 is 33.4. The van der Waals surface area contributed by atoms with E-state index in [0.717, 1.165) is 83.5 Å². The molecule has 0 spiro atoms. The maximum atomic E-state index is 12.7. The van der Waals surface area contributed by atoms with Crippen molar-refractivity contribution < 1.29 is 42.7 Å². The molecule has 0 heterocycles. The van der Waals surface area contributed by atoms with E-state index in [1.165, 1.54) is 77.0 Å². The van der Waals surface area contributed by atoms with Crippen molar-refractivity contribution in [2.75, 3.05) is 26.4 Å². The molecule has 0 aliphatic heterocycles. The fourth-order valence-electron chi connectivity index (χ4n) is 6.09. The summed E-state index contributed by atoms with van der Waals surface area (Å²) in [6.07, 6.45) is 55.2. The maximum absolute atomic E-state index is 12.7. The summed E-state index contributed by atoms with van der Waals surface area (Å²) in [6, 6.07) is -1.48. The van der Waals surface area contributed by atoms with Crippen LogP contribution in [0.5, 0.6) is 0 Å². The van der Waals surface area contributed by atoms with Crippen LogP contribution < -0.4 is 5.73 Å². The second kappa shape index (κ2) is 44.5. The first-order valence-corrected chi connectivity index (χ1v) is 25.0. The zero-order valence-corrected chi connectivity index (χ0v) is 38.7. The van der Waals surface area contributed by atoms with Crippen LogP contribution in [0.2, 0.25) is 0 Å². The minimum Gasteiger partial charge on any atom is -0.480 e. The van der Waals surface area contributed by atoms with Gasteiger partial charge in [0.15, 0.2) is 0 Å². The number of hydrogen-bond acceptors (Lipinski definition) is 8. The number of aliphatic carboxylic acids is 1. The summed E-state index contributed by atoms with van der Waals surface area (Å²) in [5, 5.41) is 8.91. The van der Waals surface area contributed by atoms with Crippen LogP contribution in [-0.2, 0) is 32.7 Å². The number of carbonyl (C=O) groups excluding carboxylic acids is 1. The van der Waals surface area contributed by atoms with Gasteiger partial charge in [0.2, 0.25) is 0 Å². The Morgan fingerprint density at radius 3 is 1.47 bits per heavy atom. The van der Waals surface area contributed by atoms with Gasteiger partial charge < -0.3 is 25.2 Å². The molecule has 0 aliphatic rings. The molecule has 0 amide bonds. The summed E-state index contributed by atoms with van der Waals surface area (Å²) in [5.74, 6) is -1.80. The van der Waals surface area contributed by atoms with Crippen LogP contribution in [0.25, 0.3) is 0 Å². The second-order valence-electron chi connectivity index (χ2n) is 15.5. The predicted octanol–water partition coefficient (Wildman–Crippen LogP) is 13.4. The molecule has 10 nitrogen and oxygen atoms in total. The fraction of sp³-hybridized carbons (Fsp3) is 0.714. The molecule has 0 radical (unpaired) electrons. The van der Waals surface area contributed by atoms with Crippen molar-refractivity contribution in [2.45, 2.75) is 199 Å². The molecular formula is C49H86NO9P. The number of nitrogens with two attached hydrogens (primary N) is 1. The summed E-state index contributed by atoms with van der Waals surface area (Å²) in [6.45, 7) is 3.73. The molecular weight excluding hydrogens is 778 g/mol. The zero-order chi connectivity index (χ0) is 44.0. The number of allylic oxidation sites excluding steroid dienone is 12. The highest BCUT2D eigenvalue weighted by Gasteiger charge is 2.27. The van der Waals surface area contributed by atoms with Crippen LogP contribution in [0.3, 0.4) is 0 Å². The summed E-state index contributed by atoms with van der Waals surface area (Å²) in [5.41, 5.74) is 5.36. The van der Waals surface area contributed by atoms with E-state index in [4.69, 9.17) is 29.4 Å². The third-order valence-corrected chi connectivity index (χ3v) is 10.7. The van der Waals surface area contributed by atoms with Crippen molar-refractivity contribution in [1.29, 1.82) is 0 Å². The molecule has 0 aromatic rings. The first kappa shape index (κ1) is 57.4. The number of esters is 1. The van der Waals surface area contributed by atoms with E-state index in [9.17, 15) is 19.0 Å². The van der Waals surface area contributed by atoms with Crippen LogP contribution in [0.1, 0.15) is 187 Å². The molecule has 0 aliphatic carbocycles. The van der Waals surface area contributed by atoms with Crippen LogP contribution in [0, 0.1) is 0 Å². The average Bonchev–Trinajstić information content (AvgIpc) is 3.23. The van der Waals surface area contributed by atoms with E-state index in [0.29, 0.717) is 13.0 Å². The Morgan fingerprint density at radius 2 is 0.967 bits per heavy atom. The maximum Gasteiger partial charge on any atom is 0.472 e. The summed E-state index contributed by atoms with van der Waals surface area (Å²) in [4.78, 5) is 33.6. The molecule has 0 fully saturated rings. The Bertz CT molecular complexity index is 1230. The fourth-order valence-corrected chi connectivity index (χ4v) is 6.87. The monoisotopic (exact) mass is 864 g/mol. The smallest absolute Gasteiger partial charge is 0.472 e. The van der Waals surface area contributed by atoms with Gasteiger partial charge in [-0.15, -0.1) is 0 Å². The van der Waals surface area contributed by atoms with Crippen molar-refractivity contribution >= 4 is 19.8 Å². The van der Waals surface area contributed by atoms with Gasteiger partial charge >= 0.3 is 19.8 Å². The molecule has 0 saturated carbocycles. The topological polar surface area (TPSA) is 155 Å². The molecule has 60 heavy (non-hydrogen) atoms. The molecule has 0 bridgehead atoms. The van der Waals surface area contributed by atoms with E-state index in [2.05, 4.69) is 86.8 Å². The summed E-state index contributed by atoms with van der Waals surface area (Å²) in [7, 11) is -4.63. The number of ether oxygens (including phenoxy) is 2. The molecule has 346 valence electrons. The van der Waals surface area contributed by atoms with Gasteiger partial charge in [-0.3, -0.25) is 18.6 Å². The van der Waals surface area contributed by atoms with Gasteiger partial charge in [0.25, 0.3) is 0 Å². The average molecular weight is 864 g/mol. The highest BCUT2D eigenvalue weighted by molar-refractivity contribution is 7.47. The molecule has 0 aromatic heterocycles. The van der Waals surface area contributed by atoms with Gasteiger partial charge in [0.05, 0.1) is 19.8 Å². The Hall–Kier alpha value is -2.59. The van der Waals surface area contributed by atoms with Crippen molar-refractivity contribution in [2.24, 2.45) is 5.73 Å². The Morgan fingerprint density at radius 1 is 0.550 bits per heavy atom. The molecule has 11 heteroatoms. The van der Waals surface area contributed by atoms with Crippen molar-refractivity contribution in [1.82, 2.24) is 0 Å². The molecule has 3 atom stereocenters. The van der Waals surface area contributed by atoms with E-state index in [1.807, 2.05) is 0 Å². The number of phosphoric ester groups is 1. The van der Waals surface area contributed by atoms with Crippen LogP contribution in [0.15, 0.2) is 72.9 Å². The van der Waals surface area contributed by atoms with Gasteiger partial charge in [-0.1, -0.05) is 170 Å². The SMILES string of the molecule is CC/C=C\C/C=C\C/C=C\C/C=C\C/C=C\CCCCCCCCCC(=O)OC(COCCCCCCCC/C=C\CCCCCCC)COP(=O)(O)OCC(N)C(=O)O. The van der Waals surface area contributed by atoms with Crippen LogP contribution >= 0.6 is 7.82 Å². The first-order chi connectivity index (χ1) is 29.2. The standard InChI is InChI=1S/C49H86NO9P/c1-3-5-7-9-11-13-15-17-19-20-21-22-23-24-25-26-27-29-31-33-35-37-39-41-48(51)59-46(44-57-60(54,55)58-45-47(50)49(52)53)43-56-42-40-38-36-34-32-30-28-18-16-14-12-10-8-6-4-2/h5,7,11,13,16-19,21-22,24-25,46-47H,3-4,6,8-10,12,14-15,20,23,26-45,50H2,1-2H3,(H,52,53)(H,54,55)/b7-5-,13-11-,18-16-,19-17-,22-21-,25-24-. The van der Waals surface area contributed by atoms with Crippen LogP contribution in [0.4, 0.5) is 0 Å². The number of carboxylic acids is 1. The molecule has 4 N–H and O–H groups in total. The van der Waals surface area contributed by atoms with Crippen LogP contribution in [-0.4, -0.2) is 60.5 Å². The Labute approximate surface area is 365 Å². The molecule has 0 rings (SSSR count). The number of carbonyl (C=O) groups is 2. The number of unbranched alkanes of at least 4 members (excludes halogenated alkanes) is 18. The number of phosphoric acid groups is 1. The van der Waals surface area contributed by atoms with E-state index in [1.54, 1.807) is 0 Å². The third-order valence-electron chi connectivity index (χ3n) is 9.72. The lowest BCUT2D eigenvalue weighted by Gasteiger charge is -2.20. The Kier molecular flexibility index (Phi) is 42.5. The van der Waals surface area contributed by atoms with Gasteiger partial charge in [-0.05, 0) is 83.5 Å². The van der Waals surface area contributed by atoms with Crippen molar-refractivity contribution in [3.05, 3.63) is 72.9 Å². The van der Waals surface area contributed by atoms with Gasteiger partial charge in [-0.2, -0.15) is 0 Å². The lowest BCUT2D eigenvalue weighted by Crippen LogP contribution is -2.34. The summed E-state index contributed by atoms with van der Waals surface area (Å²) >= 11 is 0. The van der Waals surface area contributed by atoms with Crippen molar-refractivity contribution in [3.63, 3.8) is 0 Å². The highest BCUT2D eigenvalue weighted by atomic mass is 31.2. The van der Waals surface area contributed by atoms with E-state index in [-0.39, 0.29) is 13.0 Å². The first-order valence-electron chi connectivity index (χ1n) is 23.5. The largest absolute Gasteiger partial charge is 0.480 e. The zero-order valence-electron chi connectivity index (χ0n) is 37.8. The number of carboxylic acid groups (broad SMARTS) is 1. The highest BCUT2D eigenvalue weighted by Crippen LogP contribution is 2.43. The van der Waals surface area contributed by atoms with Gasteiger partial charge in [0.1, 0.15) is 12.1 Å². The Balaban J connectivity index is 4.23. The number of hydrogen-bond donors (Lipinski definition) is 3. The minimum atomic E-state index is -4.63. The normalized spacial score (nSPS) is 14.5. The lowest BCUT2D eigenvalue weighted by atomic mass is 10.1. The third kappa shape index (κ3) is 43.5.